The summed E-state index contributed by atoms with van der Waals surface area (Å²) in [6, 6.07) is 7.65. The second-order valence-electron chi connectivity index (χ2n) is 12.2. The van der Waals surface area contributed by atoms with Gasteiger partial charge in [-0.05, 0) is 66.7 Å². The van der Waals surface area contributed by atoms with Crippen molar-refractivity contribution < 1.29 is 22.7 Å². The molecular formula is C31H36F3N3O2S. The largest absolute Gasteiger partial charge is 0.491 e. The molecule has 5 nitrogen and oxygen atoms in total. The number of likely N-dealkylation sites (tertiary alicyclic amines) is 1. The first kappa shape index (κ1) is 28.6. The summed E-state index contributed by atoms with van der Waals surface area (Å²) in [6.45, 7) is 12.1. The Morgan fingerprint density at radius 3 is 2.40 bits per heavy atom. The van der Waals surface area contributed by atoms with E-state index in [0.29, 0.717) is 19.3 Å². The van der Waals surface area contributed by atoms with Crippen LogP contribution in [-0.4, -0.2) is 40.5 Å². The van der Waals surface area contributed by atoms with Gasteiger partial charge in [0.1, 0.15) is 0 Å². The highest BCUT2D eigenvalue weighted by Gasteiger charge is 2.37. The minimum atomic E-state index is -4.56. The molecule has 0 N–H and O–H groups in total. The number of fused-ring (bicyclic) bond motifs is 1. The Labute approximate surface area is 237 Å². The molecule has 2 aliphatic rings. The fraction of sp³-hybridized carbons (Fsp3) is 0.516. The van der Waals surface area contributed by atoms with Gasteiger partial charge in [-0.1, -0.05) is 39.8 Å². The molecule has 0 bridgehead atoms. The zero-order chi connectivity index (χ0) is 28.9. The molecule has 3 aromatic rings. The molecule has 3 heterocycles. The summed E-state index contributed by atoms with van der Waals surface area (Å²) >= 11 is 1.65. The molecule has 0 spiro atoms. The third kappa shape index (κ3) is 5.49. The van der Waals surface area contributed by atoms with E-state index in [9.17, 15) is 18.0 Å². The predicted molar refractivity (Wildman–Crippen MR) is 151 cm³/mol. The fourth-order valence-electron chi connectivity index (χ4n) is 5.86. The number of alkyl halides is 3. The van der Waals surface area contributed by atoms with Crippen LogP contribution in [0.1, 0.15) is 98.4 Å². The van der Waals surface area contributed by atoms with Crippen LogP contribution in [0.5, 0.6) is 5.75 Å². The minimum Gasteiger partial charge on any atom is -0.491 e. The van der Waals surface area contributed by atoms with E-state index in [1.807, 2.05) is 0 Å². The Balaban J connectivity index is 1.29. The SMILES string of the molecule is CCOc1cc(C(F)(F)F)cnc1C(=O)N1CCC(c2nc(-c3ccc4c(c3)C(C)(C)CCC4(C)C)cs2)CC1. The van der Waals surface area contributed by atoms with Gasteiger partial charge in [0.15, 0.2) is 11.4 Å². The first-order valence-electron chi connectivity index (χ1n) is 13.9. The van der Waals surface area contributed by atoms with Crippen molar-refractivity contribution in [2.45, 2.75) is 83.2 Å². The maximum Gasteiger partial charge on any atom is 0.418 e. The normalized spacial score (nSPS) is 18.9. The molecule has 1 aliphatic carbocycles. The van der Waals surface area contributed by atoms with E-state index in [1.54, 1.807) is 23.2 Å². The topological polar surface area (TPSA) is 55.3 Å². The highest BCUT2D eigenvalue weighted by molar-refractivity contribution is 7.10. The van der Waals surface area contributed by atoms with Crippen molar-refractivity contribution in [3.05, 3.63) is 63.2 Å². The van der Waals surface area contributed by atoms with Crippen LogP contribution >= 0.6 is 11.3 Å². The number of amides is 1. The molecule has 0 atom stereocenters. The standard InChI is InChI=1S/C31H36F3N3O2S/c1-6-39-25-16-21(31(32,33)34)17-35-26(25)28(38)37-13-9-19(10-14-37)27-36-24(18-40-27)20-7-8-22-23(15-20)30(4,5)12-11-29(22,2)3/h7-8,15-19H,6,9-14H2,1-5H3. The van der Waals surface area contributed by atoms with Crippen LogP contribution in [-0.2, 0) is 17.0 Å². The third-order valence-corrected chi connectivity index (χ3v) is 9.49. The third-order valence-electron chi connectivity index (χ3n) is 8.48. The first-order chi connectivity index (χ1) is 18.8. The number of benzene rings is 1. The second-order valence-corrected chi connectivity index (χ2v) is 13.1. The average molecular weight is 572 g/mol. The molecular weight excluding hydrogens is 535 g/mol. The number of hydrogen-bond acceptors (Lipinski definition) is 5. The summed E-state index contributed by atoms with van der Waals surface area (Å²) in [4.78, 5) is 23.7. The molecule has 1 saturated heterocycles. The Morgan fingerprint density at radius 2 is 1.75 bits per heavy atom. The molecule has 5 rings (SSSR count). The Hall–Kier alpha value is -2.94. The van der Waals surface area contributed by atoms with Gasteiger partial charge in [0, 0.05) is 36.1 Å². The number of nitrogens with zero attached hydrogens (tertiary/aromatic N) is 3. The Morgan fingerprint density at radius 1 is 1.07 bits per heavy atom. The van der Waals surface area contributed by atoms with Gasteiger partial charge < -0.3 is 9.64 Å². The fourth-order valence-corrected chi connectivity index (χ4v) is 6.86. The van der Waals surface area contributed by atoms with E-state index in [-0.39, 0.29) is 34.8 Å². The van der Waals surface area contributed by atoms with Crippen LogP contribution < -0.4 is 4.74 Å². The van der Waals surface area contributed by atoms with Crippen molar-refractivity contribution in [2.75, 3.05) is 19.7 Å². The number of pyridine rings is 1. The van der Waals surface area contributed by atoms with E-state index < -0.39 is 17.6 Å². The second kappa shape index (κ2) is 10.5. The van der Waals surface area contributed by atoms with Crippen LogP contribution in [0, 0.1) is 0 Å². The molecule has 1 fully saturated rings. The van der Waals surface area contributed by atoms with E-state index >= 15 is 0 Å². The maximum atomic E-state index is 13.2. The van der Waals surface area contributed by atoms with Crippen molar-refractivity contribution in [3.8, 4) is 17.0 Å². The van der Waals surface area contributed by atoms with Gasteiger partial charge in [0.2, 0.25) is 0 Å². The number of ether oxygens (including phenoxy) is 1. The Kier molecular flexibility index (Phi) is 7.48. The number of hydrogen-bond donors (Lipinski definition) is 0. The van der Waals surface area contributed by atoms with Crippen LogP contribution in [0.4, 0.5) is 13.2 Å². The van der Waals surface area contributed by atoms with Gasteiger partial charge in [-0.25, -0.2) is 9.97 Å². The summed E-state index contributed by atoms with van der Waals surface area (Å²) < 4.78 is 44.8. The summed E-state index contributed by atoms with van der Waals surface area (Å²) in [7, 11) is 0. The van der Waals surface area contributed by atoms with E-state index in [2.05, 4.69) is 56.3 Å². The molecule has 1 aromatic carbocycles. The summed E-state index contributed by atoms with van der Waals surface area (Å²) in [5.41, 5.74) is 4.23. The zero-order valence-electron chi connectivity index (χ0n) is 23.7. The van der Waals surface area contributed by atoms with Gasteiger partial charge >= 0.3 is 6.18 Å². The van der Waals surface area contributed by atoms with Gasteiger partial charge in [0.05, 0.1) is 22.9 Å². The molecule has 40 heavy (non-hydrogen) atoms. The molecule has 0 unspecified atom stereocenters. The number of piperidine rings is 1. The number of aromatic nitrogens is 2. The highest BCUT2D eigenvalue weighted by atomic mass is 32.1. The zero-order valence-corrected chi connectivity index (χ0v) is 24.5. The molecule has 0 saturated carbocycles. The number of carbonyl (C=O) groups is 1. The lowest BCUT2D eigenvalue weighted by Crippen LogP contribution is -2.38. The lowest BCUT2D eigenvalue weighted by atomic mass is 9.63. The number of thiazole rings is 1. The molecule has 1 amide bonds. The first-order valence-corrected chi connectivity index (χ1v) is 14.8. The van der Waals surface area contributed by atoms with Gasteiger partial charge in [-0.15, -0.1) is 11.3 Å². The Bertz CT molecular complexity index is 1410. The van der Waals surface area contributed by atoms with E-state index in [1.165, 1.54) is 17.5 Å². The van der Waals surface area contributed by atoms with Gasteiger partial charge in [-0.2, -0.15) is 13.2 Å². The van der Waals surface area contributed by atoms with Crippen molar-refractivity contribution in [3.63, 3.8) is 0 Å². The van der Waals surface area contributed by atoms with Crippen molar-refractivity contribution in [1.82, 2.24) is 14.9 Å². The molecule has 214 valence electrons. The van der Waals surface area contributed by atoms with Crippen LogP contribution in [0.15, 0.2) is 35.8 Å². The molecule has 0 radical (unpaired) electrons. The number of rotatable bonds is 5. The van der Waals surface area contributed by atoms with Gasteiger partial charge in [-0.3, -0.25) is 4.79 Å². The van der Waals surface area contributed by atoms with E-state index in [4.69, 9.17) is 9.72 Å². The smallest absolute Gasteiger partial charge is 0.418 e. The molecule has 1 aliphatic heterocycles. The van der Waals surface area contributed by atoms with Crippen molar-refractivity contribution in [2.24, 2.45) is 0 Å². The number of halogens is 3. The summed E-state index contributed by atoms with van der Waals surface area (Å²) in [6.07, 6.45) is -0.0660. The van der Waals surface area contributed by atoms with Crippen LogP contribution in [0.2, 0.25) is 0 Å². The van der Waals surface area contributed by atoms with E-state index in [0.717, 1.165) is 41.6 Å². The van der Waals surface area contributed by atoms with Crippen molar-refractivity contribution >= 4 is 17.2 Å². The molecule has 9 heteroatoms. The van der Waals surface area contributed by atoms with Crippen LogP contribution in [0.25, 0.3) is 11.3 Å². The quantitative estimate of drug-likeness (QED) is 0.311. The van der Waals surface area contributed by atoms with Crippen LogP contribution in [0.3, 0.4) is 0 Å². The lowest BCUT2D eigenvalue weighted by Gasteiger charge is -2.42. The minimum absolute atomic E-state index is 0.0802. The summed E-state index contributed by atoms with van der Waals surface area (Å²) in [5.74, 6) is -0.316. The predicted octanol–water partition coefficient (Wildman–Crippen LogP) is 7.99. The van der Waals surface area contributed by atoms with Crippen molar-refractivity contribution in [1.29, 1.82) is 0 Å². The lowest BCUT2D eigenvalue weighted by molar-refractivity contribution is -0.138. The number of carbonyl (C=O) groups excluding carboxylic acids is 1. The monoisotopic (exact) mass is 571 g/mol. The highest BCUT2D eigenvalue weighted by Crippen LogP contribution is 2.47. The summed E-state index contributed by atoms with van der Waals surface area (Å²) in [5, 5.41) is 3.18. The maximum absolute atomic E-state index is 13.2. The van der Waals surface area contributed by atoms with Gasteiger partial charge in [0.25, 0.3) is 5.91 Å². The molecule has 2 aromatic heterocycles. The average Bonchev–Trinajstić information content (AvgIpc) is 3.41.